The third-order valence-electron chi connectivity index (χ3n) is 3.90. The second-order valence-electron chi connectivity index (χ2n) is 6.64. The van der Waals surface area contributed by atoms with Crippen molar-refractivity contribution >= 4 is 5.97 Å². The van der Waals surface area contributed by atoms with Gasteiger partial charge < -0.3 is 9.47 Å². The van der Waals surface area contributed by atoms with Crippen molar-refractivity contribution < 1.29 is 19.1 Å². The first-order valence-electron chi connectivity index (χ1n) is 8.57. The number of ether oxygens (including phenoxy) is 2. The number of hydrogen-bond acceptors (Lipinski definition) is 8. The lowest BCUT2D eigenvalue weighted by molar-refractivity contribution is -0.152. The summed E-state index contributed by atoms with van der Waals surface area (Å²) >= 11 is 0. The van der Waals surface area contributed by atoms with E-state index < -0.39 is 23.5 Å². The zero-order valence-corrected chi connectivity index (χ0v) is 15.4. The van der Waals surface area contributed by atoms with Crippen LogP contribution in [0.25, 0.3) is 0 Å². The predicted molar refractivity (Wildman–Crippen MR) is 91.9 cm³/mol. The molecule has 1 fully saturated rings. The number of nitrogens with one attached hydrogen (secondary N) is 3. The van der Waals surface area contributed by atoms with Crippen molar-refractivity contribution in [2.75, 3.05) is 6.61 Å². The molecule has 4 unspecified atom stereocenters. The number of hydrogen-bond donors (Lipinski definition) is 3. The Kier molecular flexibility index (Phi) is 7.09. The summed E-state index contributed by atoms with van der Waals surface area (Å²) in [6.45, 7) is 7.37. The van der Waals surface area contributed by atoms with Crippen LogP contribution < -0.4 is 22.3 Å². The molecule has 0 bridgehead atoms. The second kappa shape index (κ2) is 9.08. The Morgan fingerprint density at radius 3 is 2.81 bits per heavy atom. The topological polar surface area (TPSA) is 124 Å². The molecule has 0 amide bonds. The van der Waals surface area contributed by atoms with Crippen molar-refractivity contribution in [1.82, 2.24) is 20.6 Å². The first-order valence-corrected chi connectivity index (χ1v) is 8.57. The van der Waals surface area contributed by atoms with E-state index in [1.54, 1.807) is 20.8 Å². The van der Waals surface area contributed by atoms with Gasteiger partial charge in [-0.25, -0.2) is 10.2 Å². The Morgan fingerprint density at radius 1 is 1.42 bits per heavy atom. The van der Waals surface area contributed by atoms with Crippen molar-refractivity contribution in [3.63, 3.8) is 0 Å². The van der Waals surface area contributed by atoms with Crippen LogP contribution in [0.15, 0.2) is 21.9 Å². The van der Waals surface area contributed by atoms with E-state index >= 15 is 0 Å². The normalized spacial score (nSPS) is 24.0. The molecule has 1 aliphatic heterocycles. The van der Waals surface area contributed by atoms with E-state index in [0.717, 1.165) is 0 Å². The Morgan fingerprint density at radius 2 is 2.15 bits per heavy atom. The van der Waals surface area contributed by atoms with Crippen LogP contribution in [0.5, 0.6) is 0 Å². The number of hydrazine groups is 1. The van der Waals surface area contributed by atoms with E-state index in [4.69, 9.17) is 14.3 Å². The summed E-state index contributed by atoms with van der Waals surface area (Å²) in [5, 5.41) is 0. The van der Waals surface area contributed by atoms with Gasteiger partial charge in [-0.3, -0.25) is 24.0 Å². The third-order valence-corrected chi connectivity index (χ3v) is 3.90. The first kappa shape index (κ1) is 20.3. The monoisotopic (exact) mass is 370 g/mol. The Bertz CT molecular complexity index is 715. The number of carbonyl (C=O) groups excluding carboxylic acids is 1. The lowest BCUT2D eigenvalue weighted by Gasteiger charge is -2.18. The Hall–Kier alpha value is -2.01. The first-order chi connectivity index (χ1) is 12.3. The van der Waals surface area contributed by atoms with Crippen molar-refractivity contribution in [3.05, 3.63) is 33.1 Å². The van der Waals surface area contributed by atoms with Gasteiger partial charge in [0.05, 0.1) is 18.8 Å². The minimum absolute atomic E-state index is 0.0695. The lowest BCUT2D eigenvalue weighted by atomic mass is 10.1. The molecule has 0 aliphatic carbocycles. The van der Waals surface area contributed by atoms with E-state index in [2.05, 4.69) is 16.0 Å². The van der Waals surface area contributed by atoms with E-state index in [0.29, 0.717) is 6.42 Å². The van der Waals surface area contributed by atoms with Crippen LogP contribution in [0.3, 0.4) is 0 Å². The van der Waals surface area contributed by atoms with Gasteiger partial charge in [-0.15, -0.1) is 5.59 Å². The molecule has 0 radical (unpaired) electrons. The Balaban J connectivity index is 1.77. The Labute approximate surface area is 150 Å². The second-order valence-corrected chi connectivity index (χ2v) is 6.64. The quantitative estimate of drug-likeness (QED) is 0.327. The molecule has 0 saturated carbocycles. The number of carbonyl (C=O) groups is 1. The molecular weight excluding hydrogens is 344 g/mol. The summed E-state index contributed by atoms with van der Waals surface area (Å²) < 4.78 is 12.3. The van der Waals surface area contributed by atoms with Crippen LogP contribution >= 0.6 is 0 Å². The van der Waals surface area contributed by atoms with Crippen LogP contribution in [0, 0.1) is 5.92 Å². The molecule has 2 rings (SSSR count). The molecule has 0 spiro atoms. The molecule has 146 valence electrons. The fourth-order valence-corrected chi connectivity index (χ4v) is 2.65. The van der Waals surface area contributed by atoms with E-state index in [1.165, 1.54) is 16.8 Å². The van der Waals surface area contributed by atoms with Crippen LogP contribution in [-0.2, 0) is 19.1 Å². The van der Waals surface area contributed by atoms with Gasteiger partial charge in [0.15, 0.2) is 0 Å². The molecule has 1 aliphatic rings. The molecule has 4 atom stereocenters. The standard InChI is InChI=1S/C16H26N4O6/c1-9(2)25-15(22)11(4)18-19-24-8-12-7-10(3)14(26-12)20-6-5-13(21)17-16(20)23/h5-6,9-12,14,18-19H,7-8H2,1-4H3,(H,17,21,23). The van der Waals surface area contributed by atoms with Gasteiger partial charge in [0, 0.05) is 18.2 Å². The minimum atomic E-state index is -0.576. The van der Waals surface area contributed by atoms with Crippen LogP contribution in [0.2, 0.25) is 0 Å². The molecule has 26 heavy (non-hydrogen) atoms. The zero-order valence-electron chi connectivity index (χ0n) is 15.4. The number of nitrogens with zero attached hydrogens (tertiary/aromatic N) is 1. The molecule has 1 aromatic heterocycles. The summed E-state index contributed by atoms with van der Waals surface area (Å²) in [5.74, 6) is -0.320. The molecule has 10 nitrogen and oxygen atoms in total. The third kappa shape index (κ3) is 5.49. The van der Waals surface area contributed by atoms with Gasteiger partial charge in [0.1, 0.15) is 12.3 Å². The summed E-state index contributed by atoms with van der Waals surface area (Å²) in [6.07, 6.45) is 1.21. The highest BCUT2D eigenvalue weighted by molar-refractivity contribution is 5.75. The smallest absolute Gasteiger partial charge is 0.330 e. The van der Waals surface area contributed by atoms with Gasteiger partial charge in [-0.1, -0.05) is 6.92 Å². The summed E-state index contributed by atoms with van der Waals surface area (Å²) in [6, 6.07) is 0.706. The van der Waals surface area contributed by atoms with Crippen LogP contribution in [-0.4, -0.2) is 40.4 Å². The molecule has 3 N–H and O–H groups in total. The van der Waals surface area contributed by atoms with E-state index in [1.807, 2.05) is 6.92 Å². The maximum absolute atomic E-state index is 11.9. The van der Waals surface area contributed by atoms with Gasteiger partial charge in [-0.2, -0.15) is 0 Å². The molecule has 1 saturated heterocycles. The zero-order chi connectivity index (χ0) is 19.3. The molecule has 2 heterocycles. The lowest BCUT2D eigenvalue weighted by Crippen LogP contribution is -2.45. The van der Waals surface area contributed by atoms with Gasteiger partial charge in [0.2, 0.25) is 0 Å². The van der Waals surface area contributed by atoms with E-state index in [-0.39, 0.29) is 30.7 Å². The van der Waals surface area contributed by atoms with Gasteiger partial charge in [0.25, 0.3) is 5.56 Å². The summed E-state index contributed by atoms with van der Waals surface area (Å²) in [7, 11) is 0. The highest BCUT2D eigenvalue weighted by Crippen LogP contribution is 2.32. The molecule has 1 aromatic rings. The number of aromatic nitrogens is 2. The molecular formula is C16H26N4O6. The fourth-order valence-electron chi connectivity index (χ4n) is 2.65. The highest BCUT2D eigenvalue weighted by atomic mass is 16.7. The largest absolute Gasteiger partial charge is 0.462 e. The average molecular weight is 370 g/mol. The van der Waals surface area contributed by atoms with Crippen molar-refractivity contribution in [3.8, 4) is 0 Å². The summed E-state index contributed by atoms with van der Waals surface area (Å²) in [5.41, 5.74) is 4.24. The number of aromatic amines is 1. The van der Waals surface area contributed by atoms with Crippen molar-refractivity contribution in [2.24, 2.45) is 5.92 Å². The fraction of sp³-hybridized carbons (Fsp3) is 0.688. The van der Waals surface area contributed by atoms with Crippen LogP contribution in [0.1, 0.15) is 40.3 Å². The SMILES string of the molecule is CC(C)OC(=O)C(C)NNOCC1CC(C)C(n2ccc(=O)[nH]c2=O)O1. The van der Waals surface area contributed by atoms with Gasteiger partial charge >= 0.3 is 11.7 Å². The van der Waals surface area contributed by atoms with Crippen LogP contribution in [0.4, 0.5) is 0 Å². The maximum atomic E-state index is 11.9. The highest BCUT2D eigenvalue weighted by Gasteiger charge is 2.34. The number of H-pyrrole nitrogens is 1. The number of esters is 1. The minimum Gasteiger partial charge on any atom is -0.462 e. The molecule has 0 aromatic carbocycles. The number of rotatable bonds is 8. The molecule has 10 heteroatoms. The average Bonchev–Trinajstić information content (AvgIpc) is 2.91. The predicted octanol–water partition coefficient (Wildman–Crippen LogP) is -0.174. The van der Waals surface area contributed by atoms with E-state index in [9.17, 15) is 14.4 Å². The van der Waals surface area contributed by atoms with Crippen molar-refractivity contribution in [2.45, 2.75) is 58.6 Å². The summed E-state index contributed by atoms with van der Waals surface area (Å²) in [4.78, 5) is 42.2. The maximum Gasteiger partial charge on any atom is 0.330 e. The van der Waals surface area contributed by atoms with Crippen molar-refractivity contribution in [1.29, 1.82) is 0 Å². The van der Waals surface area contributed by atoms with Gasteiger partial charge in [-0.05, 0) is 27.2 Å².